The molecule has 0 unspecified atom stereocenters. The number of para-hydroxylation sites is 2. The average molecular weight is 438 g/mol. The van der Waals surface area contributed by atoms with Crippen LogP contribution in [0.2, 0.25) is 0 Å². The van der Waals surface area contributed by atoms with Crippen molar-refractivity contribution in [3.63, 3.8) is 0 Å². The van der Waals surface area contributed by atoms with E-state index in [2.05, 4.69) is 54.6 Å². The zero-order valence-electron chi connectivity index (χ0n) is 18.2. The van der Waals surface area contributed by atoms with E-state index in [9.17, 15) is 0 Å². The largest absolute Gasteiger partial charge is 0.439 e. The number of hydrogen-bond donors (Lipinski definition) is 0. The molecule has 0 saturated heterocycles. The van der Waals surface area contributed by atoms with Crippen LogP contribution < -0.4 is 0 Å². The Morgan fingerprint density at radius 1 is 0.559 bits per heavy atom. The maximum atomic E-state index is 6.40. The quantitative estimate of drug-likeness (QED) is 0.285. The highest BCUT2D eigenvalue weighted by atomic mass is 16.3. The number of furan rings is 1. The Labute approximate surface area is 195 Å². The molecule has 4 nitrogen and oxygen atoms in total. The van der Waals surface area contributed by atoms with Crippen LogP contribution in [-0.4, -0.2) is 14.5 Å². The minimum Gasteiger partial charge on any atom is -0.439 e. The van der Waals surface area contributed by atoms with Crippen molar-refractivity contribution in [3.05, 3.63) is 115 Å². The molecule has 34 heavy (non-hydrogen) atoms. The van der Waals surface area contributed by atoms with Gasteiger partial charge >= 0.3 is 0 Å². The van der Waals surface area contributed by atoms with Gasteiger partial charge in [0.1, 0.15) is 5.58 Å². The third-order valence-corrected chi connectivity index (χ3v) is 6.25. The summed E-state index contributed by atoms with van der Waals surface area (Å²) in [6, 6.07) is 39.0. The zero-order chi connectivity index (χ0) is 22.5. The molecule has 0 N–H and O–H groups in total. The summed E-state index contributed by atoms with van der Waals surface area (Å²) in [6.45, 7) is 0. The molecule has 0 amide bonds. The predicted molar refractivity (Wildman–Crippen MR) is 137 cm³/mol. The van der Waals surface area contributed by atoms with E-state index in [-0.39, 0.29) is 0 Å². The van der Waals surface area contributed by atoms with Crippen LogP contribution in [0.3, 0.4) is 0 Å². The van der Waals surface area contributed by atoms with Gasteiger partial charge in [-0.1, -0.05) is 97.1 Å². The van der Waals surface area contributed by atoms with Crippen molar-refractivity contribution < 1.29 is 4.42 Å². The summed E-state index contributed by atoms with van der Waals surface area (Å²) in [5.74, 6) is 0.588. The summed E-state index contributed by atoms with van der Waals surface area (Å²) in [5, 5.41) is 3.30. The van der Waals surface area contributed by atoms with Crippen LogP contribution in [0, 0.1) is 0 Å². The third-order valence-electron chi connectivity index (χ3n) is 6.25. The molecule has 0 saturated carbocycles. The fourth-order valence-electron chi connectivity index (χ4n) is 4.69. The van der Waals surface area contributed by atoms with Gasteiger partial charge in [-0.25, -0.2) is 14.5 Å². The number of rotatable bonds is 3. The first-order chi connectivity index (χ1) is 16.9. The van der Waals surface area contributed by atoms with Gasteiger partial charge in [-0.3, -0.25) is 0 Å². The second kappa shape index (κ2) is 7.42. The lowest BCUT2D eigenvalue weighted by molar-refractivity contribution is 0.641. The Balaban J connectivity index is 1.59. The smallest absolute Gasteiger partial charge is 0.238 e. The van der Waals surface area contributed by atoms with Gasteiger partial charge in [0.15, 0.2) is 0 Å². The molecule has 0 atom stereocenters. The molecular weight excluding hydrogens is 418 g/mol. The van der Waals surface area contributed by atoms with E-state index in [4.69, 9.17) is 14.4 Å². The first-order valence-corrected chi connectivity index (χ1v) is 11.3. The van der Waals surface area contributed by atoms with Gasteiger partial charge < -0.3 is 4.42 Å². The lowest BCUT2D eigenvalue weighted by atomic mass is 10.1. The normalized spacial score (nSPS) is 11.5. The second-order valence-electron chi connectivity index (χ2n) is 8.30. The zero-order valence-corrected chi connectivity index (χ0v) is 18.2. The molecule has 0 aliphatic carbocycles. The molecule has 0 spiro atoms. The van der Waals surface area contributed by atoms with Crippen LogP contribution in [0.25, 0.3) is 61.4 Å². The minimum absolute atomic E-state index is 0.588. The van der Waals surface area contributed by atoms with Gasteiger partial charge in [-0.15, -0.1) is 0 Å². The van der Waals surface area contributed by atoms with Gasteiger partial charge in [0.25, 0.3) is 0 Å². The van der Waals surface area contributed by atoms with Crippen LogP contribution >= 0.6 is 0 Å². The summed E-state index contributed by atoms with van der Waals surface area (Å²) in [5.41, 5.74) is 6.45. The lowest BCUT2D eigenvalue weighted by Crippen LogP contribution is -2.03. The van der Waals surface area contributed by atoms with Crippen LogP contribution in [-0.2, 0) is 0 Å². The SMILES string of the molecule is c1ccc(-c2cc(-c3ccccc3)nc(-n3c4ccccc4c4c5ccccc5oc43)n2)cc1. The van der Waals surface area contributed by atoms with Crippen LogP contribution in [0.4, 0.5) is 0 Å². The molecule has 0 aliphatic heterocycles. The Hall–Kier alpha value is -4.70. The average Bonchev–Trinajstić information content (AvgIpc) is 3.44. The van der Waals surface area contributed by atoms with E-state index < -0.39 is 0 Å². The molecule has 0 aliphatic rings. The highest BCUT2D eigenvalue weighted by molar-refractivity contribution is 6.19. The maximum absolute atomic E-state index is 6.40. The summed E-state index contributed by atoms with van der Waals surface area (Å²) >= 11 is 0. The Morgan fingerprint density at radius 2 is 1.12 bits per heavy atom. The molecular formula is C30H19N3O. The Morgan fingerprint density at radius 3 is 1.79 bits per heavy atom. The predicted octanol–water partition coefficient (Wildman–Crippen LogP) is 7.65. The van der Waals surface area contributed by atoms with Crippen molar-refractivity contribution in [2.45, 2.75) is 0 Å². The van der Waals surface area contributed by atoms with Crippen molar-refractivity contribution in [3.8, 4) is 28.5 Å². The summed E-state index contributed by atoms with van der Waals surface area (Å²) in [6.07, 6.45) is 0. The van der Waals surface area contributed by atoms with Crippen molar-refractivity contribution in [1.29, 1.82) is 0 Å². The van der Waals surface area contributed by atoms with E-state index in [0.29, 0.717) is 5.95 Å². The van der Waals surface area contributed by atoms with Crippen molar-refractivity contribution in [1.82, 2.24) is 14.5 Å². The highest BCUT2D eigenvalue weighted by Crippen LogP contribution is 2.38. The monoisotopic (exact) mass is 437 g/mol. The van der Waals surface area contributed by atoms with E-state index in [1.807, 2.05) is 65.2 Å². The fourth-order valence-corrected chi connectivity index (χ4v) is 4.69. The number of fused-ring (bicyclic) bond motifs is 5. The first kappa shape index (κ1) is 18.8. The highest BCUT2D eigenvalue weighted by Gasteiger charge is 2.21. The number of aromatic nitrogens is 3. The van der Waals surface area contributed by atoms with Crippen molar-refractivity contribution in [2.24, 2.45) is 0 Å². The maximum Gasteiger partial charge on any atom is 0.238 e. The van der Waals surface area contributed by atoms with Gasteiger partial charge in [-0.2, -0.15) is 0 Å². The molecule has 3 aromatic heterocycles. The topological polar surface area (TPSA) is 43.9 Å². The first-order valence-electron chi connectivity index (χ1n) is 11.3. The lowest BCUT2D eigenvalue weighted by Gasteiger charge is -2.10. The third kappa shape index (κ3) is 2.86. The molecule has 4 heteroatoms. The van der Waals surface area contributed by atoms with E-state index >= 15 is 0 Å². The second-order valence-corrected chi connectivity index (χ2v) is 8.30. The van der Waals surface area contributed by atoms with Crippen LogP contribution in [0.15, 0.2) is 120 Å². The van der Waals surface area contributed by atoms with Crippen LogP contribution in [0.5, 0.6) is 0 Å². The van der Waals surface area contributed by atoms with E-state index in [0.717, 1.165) is 55.5 Å². The molecule has 3 heterocycles. The Bertz CT molecular complexity index is 1740. The minimum atomic E-state index is 0.588. The molecule has 0 bridgehead atoms. The van der Waals surface area contributed by atoms with Crippen molar-refractivity contribution in [2.75, 3.05) is 0 Å². The van der Waals surface area contributed by atoms with Crippen molar-refractivity contribution >= 4 is 33.0 Å². The van der Waals surface area contributed by atoms with E-state index in [1.54, 1.807) is 0 Å². The number of benzene rings is 4. The molecule has 7 aromatic rings. The Kier molecular flexibility index (Phi) is 4.11. The molecule has 160 valence electrons. The number of hydrogen-bond acceptors (Lipinski definition) is 3. The molecule has 7 rings (SSSR count). The van der Waals surface area contributed by atoms with Gasteiger partial charge in [0.2, 0.25) is 11.7 Å². The molecule has 0 fully saturated rings. The van der Waals surface area contributed by atoms with Crippen LogP contribution in [0.1, 0.15) is 0 Å². The number of nitrogens with zero attached hydrogens (tertiary/aromatic N) is 3. The molecule has 4 aromatic carbocycles. The van der Waals surface area contributed by atoms with Gasteiger partial charge in [-0.05, 0) is 18.2 Å². The van der Waals surface area contributed by atoms with Gasteiger partial charge in [0.05, 0.1) is 22.3 Å². The molecule has 0 radical (unpaired) electrons. The summed E-state index contributed by atoms with van der Waals surface area (Å²) in [4.78, 5) is 10.1. The fraction of sp³-hybridized carbons (Fsp3) is 0. The summed E-state index contributed by atoms with van der Waals surface area (Å²) in [7, 11) is 0. The van der Waals surface area contributed by atoms with Gasteiger partial charge in [0, 0.05) is 21.9 Å². The summed E-state index contributed by atoms with van der Waals surface area (Å²) < 4.78 is 8.44. The standard InChI is InChI=1S/C30H19N3O/c1-3-11-20(12-4-1)24-19-25(21-13-5-2-6-14-21)32-30(31-24)33-26-17-9-7-15-22(26)28-23-16-8-10-18-27(23)34-29(28)33/h1-19H. The van der Waals surface area contributed by atoms with E-state index in [1.165, 1.54) is 0 Å².